The maximum Gasteiger partial charge on any atom is 0.227 e. The molecule has 0 saturated heterocycles. The van der Waals surface area contributed by atoms with E-state index in [1.807, 2.05) is 71.6 Å². The van der Waals surface area contributed by atoms with Crippen LogP contribution in [0.1, 0.15) is 10.4 Å². The van der Waals surface area contributed by atoms with Crippen LogP contribution >= 0.6 is 17.0 Å². The minimum Gasteiger partial charge on any atom is -0.287 e. The smallest absolute Gasteiger partial charge is 0.227 e. The van der Waals surface area contributed by atoms with Crippen molar-refractivity contribution in [3.63, 3.8) is 0 Å². The van der Waals surface area contributed by atoms with E-state index >= 15 is 0 Å². The fraction of sp³-hybridized carbons (Fsp3) is 0.0556. The van der Waals surface area contributed by atoms with Crippen LogP contribution in [0.2, 0.25) is 0 Å². The number of carbonyl (C=O) groups excluding carboxylic acids is 1. The molecule has 2 heterocycles. The van der Waals surface area contributed by atoms with E-state index in [-0.39, 0.29) is 22.8 Å². The summed E-state index contributed by atoms with van der Waals surface area (Å²) in [5, 5.41) is 0. The van der Waals surface area contributed by atoms with Gasteiger partial charge in [-0.2, -0.15) is 4.57 Å². The molecule has 0 atom stereocenters. The van der Waals surface area contributed by atoms with Gasteiger partial charge in [-0.1, -0.05) is 30.3 Å². The van der Waals surface area contributed by atoms with Crippen LogP contribution < -0.4 is 4.57 Å². The largest absolute Gasteiger partial charge is 0.287 e. The van der Waals surface area contributed by atoms with E-state index in [2.05, 4.69) is 4.98 Å². The van der Waals surface area contributed by atoms with Gasteiger partial charge < -0.3 is 0 Å². The van der Waals surface area contributed by atoms with Crippen molar-refractivity contribution in [3.8, 4) is 11.1 Å². The van der Waals surface area contributed by atoms with E-state index in [1.165, 1.54) is 0 Å². The van der Waals surface area contributed by atoms with Crippen molar-refractivity contribution < 1.29 is 9.36 Å². The summed E-state index contributed by atoms with van der Waals surface area (Å²) >= 11 is 0. The van der Waals surface area contributed by atoms with Gasteiger partial charge in [0.15, 0.2) is 12.4 Å². The summed E-state index contributed by atoms with van der Waals surface area (Å²) in [5.74, 6) is 0.109. The highest BCUT2D eigenvalue weighted by Crippen LogP contribution is 2.15. The Hall–Kier alpha value is -2.33. The number of carbonyl (C=O) groups is 1. The summed E-state index contributed by atoms with van der Waals surface area (Å²) in [6.45, 7) is 0.348. The lowest BCUT2D eigenvalue weighted by Gasteiger charge is -2.01. The fourth-order valence-corrected chi connectivity index (χ4v) is 2.18. The molecule has 2 aromatic heterocycles. The van der Waals surface area contributed by atoms with Crippen LogP contribution in [-0.2, 0) is 6.54 Å². The lowest BCUT2D eigenvalue weighted by atomic mass is 10.1. The molecule has 22 heavy (non-hydrogen) atoms. The molecule has 0 aliphatic carbocycles. The van der Waals surface area contributed by atoms with Crippen molar-refractivity contribution in [2.75, 3.05) is 0 Å². The monoisotopic (exact) mass is 355 g/mol. The van der Waals surface area contributed by atoms with Crippen LogP contribution in [0.3, 0.4) is 0 Å². The Morgan fingerprint density at radius 2 is 1.45 bits per heavy atom. The lowest BCUT2D eigenvalue weighted by molar-refractivity contribution is -0.683. The molecular formula is C18H16BrN2O+. The zero-order chi connectivity index (χ0) is 14.5. The Morgan fingerprint density at radius 3 is 2.09 bits per heavy atom. The zero-order valence-corrected chi connectivity index (χ0v) is 13.6. The molecule has 0 aliphatic rings. The number of halogens is 1. The first-order valence-corrected chi connectivity index (χ1v) is 6.81. The summed E-state index contributed by atoms with van der Waals surface area (Å²) in [6, 6.07) is 17.3. The molecule has 0 saturated carbocycles. The molecule has 1 aromatic carbocycles. The molecule has 0 aliphatic heterocycles. The minimum absolute atomic E-state index is 0. The molecule has 4 heteroatoms. The second-order valence-electron chi connectivity index (χ2n) is 4.78. The summed E-state index contributed by atoms with van der Waals surface area (Å²) in [7, 11) is 0. The molecule has 0 N–H and O–H groups in total. The topological polar surface area (TPSA) is 33.8 Å². The van der Waals surface area contributed by atoms with Gasteiger partial charge in [0.05, 0.1) is 0 Å². The van der Waals surface area contributed by atoms with Crippen LogP contribution in [0.15, 0.2) is 79.4 Å². The number of Topliss-reactive ketones (excluding diaryl/α,β-unsaturated/α-hetero) is 1. The normalized spacial score (nSPS) is 9.82. The third kappa shape index (κ3) is 3.86. The van der Waals surface area contributed by atoms with E-state index < -0.39 is 0 Å². The highest BCUT2D eigenvalue weighted by Gasteiger charge is 2.11. The lowest BCUT2D eigenvalue weighted by Crippen LogP contribution is -2.37. The fourth-order valence-electron chi connectivity index (χ4n) is 2.18. The van der Waals surface area contributed by atoms with Gasteiger partial charge in [0.1, 0.15) is 0 Å². The first-order chi connectivity index (χ1) is 10.3. The number of benzene rings is 1. The quantitative estimate of drug-likeness (QED) is 0.530. The molecule has 110 valence electrons. The van der Waals surface area contributed by atoms with Gasteiger partial charge in [0.2, 0.25) is 12.3 Å². The van der Waals surface area contributed by atoms with Gasteiger partial charge in [-0.15, -0.1) is 17.0 Å². The molecule has 0 bridgehead atoms. The van der Waals surface area contributed by atoms with Gasteiger partial charge >= 0.3 is 0 Å². The predicted octanol–water partition coefficient (Wildman–Crippen LogP) is 3.50. The molecule has 3 rings (SSSR count). The zero-order valence-electron chi connectivity index (χ0n) is 11.9. The van der Waals surface area contributed by atoms with Crippen molar-refractivity contribution in [1.82, 2.24) is 4.98 Å². The van der Waals surface area contributed by atoms with Crippen molar-refractivity contribution in [3.05, 3.63) is 84.9 Å². The third-order valence-corrected chi connectivity index (χ3v) is 3.33. The van der Waals surface area contributed by atoms with Gasteiger partial charge in [0.25, 0.3) is 0 Å². The number of aromatic nitrogens is 2. The molecule has 0 spiro atoms. The second-order valence-corrected chi connectivity index (χ2v) is 4.78. The van der Waals surface area contributed by atoms with Crippen LogP contribution in [-0.4, -0.2) is 10.8 Å². The van der Waals surface area contributed by atoms with E-state index in [4.69, 9.17) is 0 Å². The average molecular weight is 356 g/mol. The Balaban J connectivity index is 0.00000176. The Morgan fingerprint density at radius 1 is 0.864 bits per heavy atom. The Labute approximate surface area is 140 Å². The van der Waals surface area contributed by atoms with E-state index in [9.17, 15) is 4.79 Å². The summed E-state index contributed by atoms with van der Waals surface area (Å²) in [4.78, 5) is 16.2. The molecule has 0 amide bonds. The predicted molar refractivity (Wildman–Crippen MR) is 91.0 cm³/mol. The SMILES string of the molecule is Br.O=C(C[n+]1ccc(-c2ccncc2)cc1)c1ccccc1. The maximum atomic E-state index is 12.1. The molecule has 3 nitrogen and oxygen atoms in total. The number of ketones is 1. The van der Waals surface area contributed by atoms with Gasteiger partial charge in [0, 0.05) is 30.1 Å². The maximum absolute atomic E-state index is 12.1. The Bertz CT molecular complexity index is 728. The van der Waals surface area contributed by atoms with E-state index in [0.29, 0.717) is 6.54 Å². The van der Waals surface area contributed by atoms with Gasteiger partial charge in [-0.05, 0) is 23.3 Å². The first-order valence-electron chi connectivity index (χ1n) is 6.81. The summed E-state index contributed by atoms with van der Waals surface area (Å²) in [5.41, 5.74) is 2.97. The highest BCUT2D eigenvalue weighted by molar-refractivity contribution is 8.93. The van der Waals surface area contributed by atoms with Crippen molar-refractivity contribution in [2.24, 2.45) is 0 Å². The second kappa shape index (κ2) is 7.61. The van der Waals surface area contributed by atoms with Gasteiger partial charge in [-0.3, -0.25) is 9.78 Å². The van der Waals surface area contributed by atoms with Crippen LogP contribution in [0.4, 0.5) is 0 Å². The van der Waals surface area contributed by atoms with E-state index in [0.717, 1.165) is 16.7 Å². The number of nitrogens with zero attached hydrogens (tertiary/aromatic N) is 2. The van der Waals surface area contributed by atoms with E-state index in [1.54, 1.807) is 12.4 Å². The van der Waals surface area contributed by atoms with Crippen LogP contribution in [0, 0.1) is 0 Å². The summed E-state index contributed by atoms with van der Waals surface area (Å²) < 4.78 is 1.89. The average Bonchev–Trinajstić information content (AvgIpc) is 2.57. The Kier molecular flexibility index (Phi) is 5.55. The molecule has 0 radical (unpaired) electrons. The molecule has 0 fully saturated rings. The number of hydrogen-bond donors (Lipinski definition) is 0. The summed E-state index contributed by atoms with van der Waals surface area (Å²) in [6.07, 6.45) is 7.40. The van der Waals surface area contributed by atoms with Crippen LogP contribution in [0.5, 0.6) is 0 Å². The number of hydrogen-bond acceptors (Lipinski definition) is 2. The van der Waals surface area contributed by atoms with Crippen molar-refractivity contribution >= 4 is 22.8 Å². The molecular weight excluding hydrogens is 340 g/mol. The van der Waals surface area contributed by atoms with Gasteiger partial charge in [-0.25, -0.2) is 0 Å². The van der Waals surface area contributed by atoms with Crippen molar-refractivity contribution in [2.45, 2.75) is 6.54 Å². The first kappa shape index (κ1) is 16.0. The standard InChI is InChI=1S/C18H15N2O.BrH/c21-18(17-4-2-1-3-5-17)14-20-12-8-16(9-13-20)15-6-10-19-11-7-15;/h1-13H,14H2;1H/q+1;. The number of rotatable bonds is 4. The minimum atomic E-state index is 0. The van der Waals surface area contributed by atoms with Crippen LogP contribution in [0.25, 0.3) is 11.1 Å². The number of pyridine rings is 2. The highest BCUT2D eigenvalue weighted by atomic mass is 79.9. The molecule has 3 aromatic rings. The third-order valence-electron chi connectivity index (χ3n) is 3.33. The molecule has 0 unspecified atom stereocenters. The van der Waals surface area contributed by atoms with Crippen molar-refractivity contribution in [1.29, 1.82) is 0 Å².